The molecule has 0 aliphatic heterocycles. The van der Waals surface area contributed by atoms with Crippen LogP contribution in [0.5, 0.6) is 0 Å². The summed E-state index contributed by atoms with van der Waals surface area (Å²) < 4.78 is 0. The summed E-state index contributed by atoms with van der Waals surface area (Å²) in [7, 11) is 0. The van der Waals surface area contributed by atoms with E-state index in [-0.39, 0.29) is 32.5 Å². The summed E-state index contributed by atoms with van der Waals surface area (Å²) in [6.07, 6.45) is 1.06. The first-order valence-corrected chi connectivity index (χ1v) is 15.4. The van der Waals surface area contributed by atoms with Gasteiger partial charge in [0.05, 0.1) is 0 Å². The summed E-state index contributed by atoms with van der Waals surface area (Å²) in [4.78, 5) is 0. The van der Waals surface area contributed by atoms with Crippen LogP contribution in [0.15, 0.2) is 24.3 Å². The quantitative estimate of drug-likeness (QED) is 0.369. The van der Waals surface area contributed by atoms with Crippen molar-refractivity contribution in [1.29, 1.82) is 0 Å². The van der Waals surface area contributed by atoms with Crippen LogP contribution >= 0.6 is 0 Å². The predicted molar refractivity (Wildman–Crippen MR) is 177 cm³/mol. The normalized spacial score (nSPS) is 15.1. The highest BCUT2D eigenvalue weighted by atomic mass is 14.4. The van der Waals surface area contributed by atoms with Gasteiger partial charge in [0.1, 0.15) is 0 Å². The van der Waals surface area contributed by atoms with Crippen molar-refractivity contribution in [2.24, 2.45) is 0 Å². The lowest BCUT2D eigenvalue weighted by Crippen LogP contribution is -2.33. The number of benzene rings is 2. The Morgan fingerprint density at radius 3 is 1.26 bits per heavy atom. The lowest BCUT2D eigenvalue weighted by Gasteiger charge is -2.42. The van der Waals surface area contributed by atoms with Crippen LogP contribution < -0.4 is 0 Å². The first-order chi connectivity index (χ1) is 17.1. The van der Waals surface area contributed by atoms with Gasteiger partial charge < -0.3 is 0 Å². The zero-order valence-electron chi connectivity index (χ0n) is 29.6. The zero-order chi connectivity index (χ0) is 30.7. The van der Waals surface area contributed by atoms with Crippen LogP contribution in [-0.2, 0) is 38.9 Å². The molecule has 0 radical (unpaired) electrons. The maximum Gasteiger partial charge on any atom is -0.0126 e. The molecule has 0 aromatic heterocycles. The minimum absolute atomic E-state index is 0.0510. The van der Waals surface area contributed by atoms with Crippen molar-refractivity contribution in [2.75, 3.05) is 0 Å². The molecule has 39 heavy (non-hydrogen) atoms. The highest BCUT2D eigenvalue weighted by molar-refractivity contribution is 5.57. The molecule has 0 aliphatic carbocycles. The average Bonchev–Trinajstić information content (AvgIpc) is 2.68. The van der Waals surface area contributed by atoms with Gasteiger partial charge in [-0.05, 0) is 89.3 Å². The van der Waals surface area contributed by atoms with Gasteiger partial charge in [-0.2, -0.15) is 0 Å². The Morgan fingerprint density at radius 2 is 0.897 bits per heavy atom. The van der Waals surface area contributed by atoms with E-state index in [1.807, 2.05) is 0 Å². The minimum atomic E-state index is 0.0510. The number of hydrogen-bond acceptors (Lipinski definition) is 0. The fourth-order valence-corrected chi connectivity index (χ4v) is 6.42. The van der Waals surface area contributed by atoms with Crippen LogP contribution in [0.2, 0.25) is 0 Å². The Bertz CT molecular complexity index is 1160. The first-order valence-electron chi connectivity index (χ1n) is 15.4. The van der Waals surface area contributed by atoms with Gasteiger partial charge in [0, 0.05) is 0 Å². The van der Waals surface area contributed by atoms with Gasteiger partial charge in [-0.1, -0.05) is 156 Å². The summed E-state index contributed by atoms with van der Waals surface area (Å²) >= 11 is 0. The lowest BCUT2D eigenvalue weighted by molar-refractivity contribution is 0.472. The molecular formula is C39H64. The van der Waals surface area contributed by atoms with Crippen molar-refractivity contribution in [3.05, 3.63) is 68.8 Å². The van der Waals surface area contributed by atoms with Crippen molar-refractivity contribution in [3.8, 4) is 0 Å². The van der Waals surface area contributed by atoms with Crippen LogP contribution in [0.3, 0.4) is 0 Å². The second kappa shape index (κ2) is 10.4. The maximum absolute atomic E-state index is 2.62. The van der Waals surface area contributed by atoms with Crippen molar-refractivity contribution < 1.29 is 0 Å². The van der Waals surface area contributed by atoms with Gasteiger partial charge in [0.2, 0.25) is 0 Å². The van der Waals surface area contributed by atoms with E-state index in [1.165, 1.54) is 27.8 Å². The topological polar surface area (TPSA) is 0 Å². The standard InChI is InChI=1S/C39H64/c1-25(28-21-20-27(34(2,3)4)24-29(28)35(5,6)7)22-26-23-30(36(8,9)10)32(38(14,15)16)33(39(17,18)19)31(26)37(11,12)13/h20-21,23-25H,22H2,1-19H3. The molecular weight excluding hydrogens is 468 g/mol. The van der Waals surface area contributed by atoms with Gasteiger partial charge in [-0.3, -0.25) is 0 Å². The molecule has 2 rings (SSSR count). The molecule has 0 N–H and O–H groups in total. The molecule has 1 unspecified atom stereocenters. The molecule has 0 bridgehead atoms. The molecule has 0 amide bonds. The molecule has 0 nitrogen and oxygen atoms in total. The van der Waals surface area contributed by atoms with Crippen molar-refractivity contribution in [1.82, 2.24) is 0 Å². The molecule has 0 aliphatic rings. The fraction of sp³-hybridized carbons (Fsp3) is 0.692. The second-order valence-corrected chi connectivity index (χ2v) is 18.6. The average molecular weight is 533 g/mol. The molecule has 0 saturated carbocycles. The Labute approximate surface area is 244 Å². The van der Waals surface area contributed by atoms with Crippen LogP contribution in [0.25, 0.3) is 0 Å². The molecule has 0 heterocycles. The van der Waals surface area contributed by atoms with Crippen LogP contribution in [0.4, 0.5) is 0 Å². The van der Waals surface area contributed by atoms with E-state index in [9.17, 15) is 0 Å². The Hall–Kier alpha value is -1.56. The summed E-state index contributed by atoms with van der Waals surface area (Å²) in [6, 6.07) is 9.95. The smallest absolute Gasteiger partial charge is 0.0126 e. The maximum atomic E-state index is 2.62. The van der Waals surface area contributed by atoms with Crippen LogP contribution in [0.1, 0.15) is 182 Å². The molecule has 2 aromatic carbocycles. The van der Waals surface area contributed by atoms with Crippen LogP contribution in [0, 0.1) is 0 Å². The molecule has 0 spiro atoms. The van der Waals surface area contributed by atoms with Gasteiger partial charge in [0.15, 0.2) is 0 Å². The highest BCUT2D eigenvalue weighted by Crippen LogP contribution is 2.48. The zero-order valence-corrected chi connectivity index (χ0v) is 29.6. The summed E-state index contributed by atoms with van der Waals surface area (Å²) in [6.45, 7) is 45.5. The lowest BCUT2D eigenvalue weighted by atomic mass is 9.62. The van der Waals surface area contributed by atoms with E-state index in [4.69, 9.17) is 0 Å². The van der Waals surface area contributed by atoms with Crippen LogP contribution in [-0.4, -0.2) is 0 Å². The molecule has 0 fully saturated rings. The highest BCUT2D eigenvalue weighted by Gasteiger charge is 2.38. The Morgan fingerprint density at radius 1 is 0.462 bits per heavy atom. The summed E-state index contributed by atoms with van der Waals surface area (Å²) in [5, 5.41) is 0. The third-order valence-corrected chi connectivity index (χ3v) is 8.25. The summed E-state index contributed by atoms with van der Waals surface area (Å²) in [5.41, 5.74) is 12.7. The van der Waals surface area contributed by atoms with Crippen molar-refractivity contribution >= 4 is 0 Å². The van der Waals surface area contributed by atoms with Gasteiger partial charge in [0.25, 0.3) is 0 Å². The van der Waals surface area contributed by atoms with Gasteiger partial charge in [-0.15, -0.1) is 0 Å². The number of hydrogen-bond donors (Lipinski definition) is 0. The monoisotopic (exact) mass is 533 g/mol. The van der Waals surface area contributed by atoms with Gasteiger partial charge in [-0.25, -0.2) is 0 Å². The Balaban J connectivity index is 2.98. The molecule has 0 heteroatoms. The Kier molecular flexibility index (Phi) is 8.94. The van der Waals surface area contributed by atoms with E-state index in [1.54, 1.807) is 16.7 Å². The molecule has 220 valence electrons. The van der Waals surface area contributed by atoms with Crippen molar-refractivity contribution in [2.45, 2.75) is 176 Å². The molecule has 1 atom stereocenters. The number of rotatable bonds is 3. The first kappa shape index (κ1) is 33.6. The molecule has 2 aromatic rings. The van der Waals surface area contributed by atoms with E-state index in [2.05, 4.69) is 156 Å². The third kappa shape index (κ3) is 7.59. The van der Waals surface area contributed by atoms with Gasteiger partial charge >= 0.3 is 0 Å². The predicted octanol–water partition coefficient (Wildman–Crippen LogP) is 11.8. The second-order valence-electron chi connectivity index (χ2n) is 18.6. The minimum Gasteiger partial charge on any atom is -0.0582 e. The summed E-state index contributed by atoms with van der Waals surface area (Å²) in [5.74, 6) is 0.426. The van der Waals surface area contributed by atoms with E-state index in [0.29, 0.717) is 5.92 Å². The SMILES string of the molecule is CC(Cc1cc(C(C)(C)C)c(C(C)(C)C)c(C(C)(C)C)c1C(C)(C)C)c1ccc(C(C)(C)C)cc1C(C)(C)C. The van der Waals surface area contributed by atoms with E-state index >= 15 is 0 Å². The van der Waals surface area contributed by atoms with Crippen molar-refractivity contribution in [3.63, 3.8) is 0 Å². The molecule has 0 saturated heterocycles. The third-order valence-electron chi connectivity index (χ3n) is 8.25. The fourth-order valence-electron chi connectivity index (χ4n) is 6.42. The van der Waals surface area contributed by atoms with E-state index < -0.39 is 0 Å². The largest absolute Gasteiger partial charge is 0.0582 e. The van der Waals surface area contributed by atoms with E-state index in [0.717, 1.165) is 6.42 Å².